The fourth-order valence-corrected chi connectivity index (χ4v) is 2.61. The zero-order valence-electron chi connectivity index (χ0n) is 10.6. The molecule has 19 heavy (non-hydrogen) atoms. The van der Waals surface area contributed by atoms with E-state index < -0.39 is 0 Å². The Kier molecular flexibility index (Phi) is 2.99. The van der Waals surface area contributed by atoms with Gasteiger partial charge in [0.05, 0.1) is 28.3 Å². The van der Waals surface area contributed by atoms with Crippen molar-refractivity contribution < 1.29 is 0 Å². The van der Waals surface area contributed by atoms with Gasteiger partial charge in [-0.1, -0.05) is 11.6 Å². The summed E-state index contributed by atoms with van der Waals surface area (Å²) in [5, 5.41) is 5.04. The van der Waals surface area contributed by atoms with Crippen molar-refractivity contribution in [3.8, 4) is 5.69 Å². The van der Waals surface area contributed by atoms with Gasteiger partial charge in [-0.25, -0.2) is 4.98 Å². The molecule has 4 nitrogen and oxygen atoms in total. The average Bonchev–Trinajstić information content (AvgIpc) is 2.88. The molecule has 98 valence electrons. The fraction of sp³-hybridized carbons (Fsp3) is 0.231. The first-order chi connectivity index (χ1) is 9.10. The lowest BCUT2D eigenvalue weighted by atomic mass is 10.3. The topological polar surface area (TPSA) is 35.6 Å². The van der Waals surface area contributed by atoms with Crippen LogP contribution in [-0.4, -0.2) is 19.3 Å². The zero-order valence-corrected chi connectivity index (χ0v) is 12.1. The predicted octanol–water partition coefficient (Wildman–Crippen LogP) is 3.46. The SMILES string of the molecule is Cc1nn(C)cc1-n1c(CCl)nc2ccc(Cl)cc21. The van der Waals surface area contributed by atoms with Gasteiger partial charge >= 0.3 is 0 Å². The predicted molar refractivity (Wildman–Crippen MR) is 77.1 cm³/mol. The van der Waals surface area contributed by atoms with E-state index >= 15 is 0 Å². The highest BCUT2D eigenvalue weighted by atomic mass is 35.5. The summed E-state index contributed by atoms with van der Waals surface area (Å²) in [5.41, 5.74) is 3.72. The van der Waals surface area contributed by atoms with Crippen molar-refractivity contribution >= 4 is 34.2 Å². The van der Waals surface area contributed by atoms with Crippen LogP contribution in [0.3, 0.4) is 0 Å². The third-order valence-electron chi connectivity index (χ3n) is 3.03. The molecule has 0 spiro atoms. The minimum atomic E-state index is 0.334. The number of alkyl halides is 1. The van der Waals surface area contributed by atoms with Crippen molar-refractivity contribution in [2.45, 2.75) is 12.8 Å². The molecule has 0 saturated heterocycles. The molecule has 3 aromatic rings. The lowest BCUT2D eigenvalue weighted by molar-refractivity contribution is 0.756. The van der Waals surface area contributed by atoms with E-state index in [1.807, 2.05) is 42.9 Å². The van der Waals surface area contributed by atoms with Gasteiger partial charge in [0.1, 0.15) is 5.82 Å². The van der Waals surface area contributed by atoms with E-state index in [-0.39, 0.29) is 0 Å². The minimum absolute atomic E-state index is 0.334. The lowest BCUT2D eigenvalue weighted by Gasteiger charge is -2.05. The van der Waals surface area contributed by atoms with Gasteiger partial charge in [-0.05, 0) is 25.1 Å². The molecule has 0 amide bonds. The van der Waals surface area contributed by atoms with Gasteiger partial charge in [-0.15, -0.1) is 11.6 Å². The van der Waals surface area contributed by atoms with Crippen molar-refractivity contribution in [3.05, 3.63) is 40.9 Å². The van der Waals surface area contributed by atoms with Gasteiger partial charge < -0.3 is 0 Å². The summed E-state index contributed by atoms with van der Waals surface area (Å²) in [6.07, 6.45) is 1.95. The molecular formula is C13H12Cl2N4. The third-order valence-corrected chi connectivity index (χ3v) is 3.51. The highest BCUT2D eigenvalue weighted by Crippen LogP contribution is 2.26. The molecule has 0 aliphatic carbocycles. The Morgan fingerprint density at radius 3 is 2.74 bits per heavy atom. The van der Waals surface area contributed by atoms with E-state index in [4.69, 9.17) is 23.2 Å². The molecule has 0 unspecified atom stereocenters. The van der Waals surface area contributed by atoms with Gasteiger partial charge in [-0.2, -0.15) is 5.10 Å². The first-order valence-corrected chi connectivity index (χ1v) is 6.75. The van der Waals surface area contributed by atoms with Crippen LogP contribution in [0, 0.1) is 6.92 Å². The van der Waals surface area contributed by atoms with Crippen LogP contribution in [0.4, 0.5) is 0 Å². The number of rotatable bonds is 2. The van der Waals surface area contributed by atoms with Crippen LogP contribution in [0.15, 0.2) is 24.4 Å². The number of nitrogens with zero attached hydrogens (tertiary/aromatic N) is 4. The maximum atomic E-state index is 6.08. The summed E-state index contributed by atoms with van der Waals surface area (Å²) in [7, 11) is 1.89. The van der Waals surface area contributed by atoms with E-state index in [9.17, 15) is 0 Å². The van der Waals surface area contributed by atoms with E-state index in [1.54, 1.807) is 4.68 Å². The second-order valence-corrected chi connectivity index (χ2v) is 5.11. The molecule has 0 saturated carbocycles. The smallest absolute Gasteiger partial charge is 0.129 e. The Hall–Kier alpha value is -1.52. The van der Waals surface area contributed by atoms with Gasteiger partial charge in [0.25, 0.3) is 0 Å². The molecule has 0 N–H and O–H groups in total. The van der Waals surface area contributed by atoms with Crippen LogP contribution in [0.25, 0.3) is 16.7 Å². The summed E-state index contributed by atoms with van der Waals surface area (Å²) in [5.74, 6) is 1.12. The summed E-state index contributed by atoms with van der Waals surface area (Å²) < 4.78 is 3.79. The van der Waals surface area contributed by atoms with Crippen LogP contribution in [0.5, 0.6) is 0 Å². The molecular weight excluding hydrogens is 283 g/mol. The number of hydrogen-bond donors (Lipinski definition) is 0. The molecule has 3 rings (SSSR count). The van der Waals surface area contributed by atoms with Crippen LogP contribution in [-0.2, 0) is 12.9 Å². The maximum Gasteiger partial charge on any atom is 0.129 e. The normalized spacial score (nSPS) is 11.4. The van der Waals surface area contributed by atoms with Gasteiger partial charge in [-0.3, -0.25) is 9.25 Å². The Morgan fingerprint density at radius 2 is 2.11 bits per heavy atom. The molecule has 6 heteroatoms. The second kappa shape index (κ2) is 4.54. The van der Waals surface area contributed by atoms with Crippen LogP contribution in [0.2, 0.25) is 5.02 Å². The van der Waals surface area contributed by atoms with Gasteiger partial charge in [0.2, 0.25) is 0 Å². The maximum absolute atomic E-state index is 6.08. The number of benzene rings is 1. The standard InChI is InChI=1S/C13H12Cl2N4/c1-8-12(7-18(2)17-8)19-11-5-9(15)3-4-10(11)16-13(19)6-14/h3-5,7H,6H2,1-2H3. The number of aromatic nitrogens is 4. The second-order valence-electron chi connectivity index (χ2n) is 4.40. The number of aryl methyl sites for hydroxylation is 2. The van der Waals surface area contributed by atoms with Gasteiger partial charge in [0.15, 0.2) is 0 Å². The Bertz CT molecular complexity index is 757. The molecule has 0 aliphatic rings. The average molecular weight is 295 g/mol. The lowest BCUT2D eigenvalue weighted by Crippen LogP contribution is -1.99. The summed E-state index contributed by atoms with van der Waals surface area (Å²) in [4.78, 5) is 4.53. The van der Waals surface area contributed by atoms with Crippen molar-refractivity contribution in [2.24, 2.45) is 7.05 Å². The van der Waals surface area contributed by atoms with Gasteiger partial charge in [0, 0.05) is 18.3 Å². The molecule has 2 aromatic heterocycles. The largest absolute Gasteiger partial charge is 0.292 e. The number of fused-ring (bicyclic) bond motifs is 1. The molecule has 0 fully saturated rings. The van der Waals surface area contributed by atoms with E-state index in [0.29, 0.717) is 10.9 Å². The summed E-state index contributed by atoms with van der Waals surface area (Å²) in [6, 6.07) is 5.62. The molecule has 1 aromatic carbocycles. The highest BCUT2D eigenvalue weighted by molar-refractivity contribution is 6.31. The van der Waals surface area contributed by atoms with E-state index in [2.05, 4.69) is 10.1 Å². The number of hydrogen-bond acceptors (Lipinski definition) is 2. The molecule has 0 aliphatic heterocycles. The molecule has 0 atom stereocenters. The number of halogens is 2. The van der Waals surface area contributed by atoms with Crippen molar-refractivity contribution in [1.29, 1.82) is 0 Å². The Balaban J connectivity index is 2.37. The van der Waals surface area contributed by atoms with Crippen LogP contribution >= 0.6 is 23.2 Å². The van der Waals surface area contributed by atoms with E-state index in [0.717, 1.165) is 28.2 Å². The minimum Gasteiger partial charge on any atom is -0.292 e. The highest BCUT2D eigenvalue weighted by Gasteiger charge is 2.15. The van der Waals surface area contributed by atoms with E-state index in [1.165, 1.54) is 0 Å². The summed E-state index contributed by atoms with van der Waals surface area (Å²) in [6.45, 7) is 1.96. The third kappa shape index (κ3) is 2.01. The monoisotopic (exact) mass is 294 g/mol. The quantitative estimate of drug-likeness (QED) is 0.679. The summed E-state index contributed by atoms with van der Waals surface area (Å²) >= 11 is 12.1. The van der Waals surface area contributed by atoms with Crippen LogP contribution in [0.1, 0.15) is 11.5 Å². The molecule has 0 bridgehead atoms. The first-order valence-electron chi connectivity index (χ1n) is 5.83. The molecule has 0 radical (unpaired) electrons. The van der Waals surface area contributed by atoms with Crippen molar-refractivity contribution in [2.75, 3.05) is 0 Å². The zero-order chi connectivity index (χ0) is 13.6. The van der Waals surface area contributed by atoms with Crippen molar-refractivity contribution in [1.82, 2.24) is 19.3 Å². The Morgan fingerprint density at radius 1 is 1.32 bits per heavy atom. The number of imidazole rings is 1. The van der Waals surface area contributed by atoms with Crippen LogP contribution < -0.4 is 0 Å². The fourth-order valence-electron chi connectivity index (χ4n) is 2.26. The van der Waals surface area contributed by atoms with Crippen molar-refractivity contribution in [3.63, 3.8) is 0 Å². The Labute approximate surface area is 120 Å². The molecule has 2 heterocycles. The first kappa shape index (κ1) is 12.5.